The summed E-state index contributed by atoms with van der Waals surface area (Å²) in [5.74, 6) is -2.33. The van der Waals surface area contributed by atoms with E-state index in [0.717, 1.165) is 16.0 Å². The number of Topliss-reactive ketones (excluding diaryl/α,β-unsaturated/α-hetero) is 1. The molecule has 0 saturated carbocycles. The van der Waals surface area contributed by atoms with Crippen LogP contribution < -0.4 is 4.90 Å². The first kappa shape index (κ1) is 21.2. The smallest absolute Gasteiger partial charge is 0.240 e. The molecule has 0 unspecified atom stereocenters. The van der Waals surface area contributed by atoms with Crippen molar-refractivity contribution in [2.24, 2.45) is 17.3 Å². The van der Waals surface area contributed by atoms with E-state index in [0.29, 0.717) is 5.02 Å². The van der Waals surface area contributed by atoms with E-state index in [-0.39, 0.29) is 22.4 Å². The fourth-order valence-electron chi connectivity index (χ4n) is 5.20. The van der Waals surface area contributed by atoms with Gasteiger partial charge < -0.3 is 4.90 Å². The average Bonchev–Trinajstić information content (AvgIpc) is 3.21. The summed E-state index contributed by atoms with van der Waals surface area (Å²) in [5, 5.41) is 0.632. The molecule has 4 atom stereocenters. The molecule has 0 bridgehead atoms. The molecule has 3 aliphatic rings. The van der Waals surface area contributed by atoms with Crippen LogP contribution in [0.5, 0.6) is 0 Å². The van der Waals surface area contributed by atoms with Gasteiger partial charge in [-0.15, -0.1) is 0 Å². The van der Waals surface area contributed by atoms with Crippen molar-refractivity contribution < 1.29 is 14.4 Å². The molecule has 0 radical (unpaired) electrons. The monoisotopic (exact) mass is 468 g/mol. The topological polar surface area (TPSA) is 57.7 Å². The lowest BCUT2D eigenvalue weighted by atomic mass is 9.79. The van der Waals surface area contributed by atoms with Gasteiger partial charge in [-0.2, -0.15) is 0 Å². The Morgan fingerprint density at radius 3 is 2.38 bits per heavy atom. The highest BCUT2D eigenvalue weighted by Crippen LogP contribution is 2.54. The number of fused-ring (bicyclic) bond motifs is 5. The lowest BCUT2D eigenvalue weighted by Crippen LogP contribution is -2.47. The van der Waals surface area contributed by atoms with E-state index in [4.69, 9.17) is 23.2 Å². The Labute approximate surface area is 196 Å². The largest absolute Gasteiger partial charge is 0.359 e. The van der Waals surface area contributed by atoms with Gasteiger partial charge >= 0.3 is 0 Å². The Bertz CT molecular complexity index is 1200. The number of nitrogens with zero attached hydrogens (tertiary/aromatic N) is 2. The second-order valence-electron chi connectivity index (χ2n) is 9.55. The van der Waals surface area contributed by atoms with Crippen LogP contribution in [0.25, 0.3) is 6.08 Å². The van der Waals surface area contributed by atoms with Crippen LogP contribution in [0.2, 0.25) is 10.0 Å². The Kier molecular flexibility index (Phi) is 4.77. The lowest BCUT2D eigenvalue weighted by Gasteiger charge is -2.37. The van der Waals surface area contributed by atoms with E-state index < -0.39 is 35.2 Å². The number of amides is 2. The van der Waals surface area contributed by atoms with Crippen LogP contribution in [0.15, 0.2) is 48.7 Å². The number of rotatable bonds is 2. The van der Waals surface area contributed by atoms with Gasteiger partial charge in [0, 0.05) is 16.6 Å². The van der Waals surface area contributed by atoms with Crippen LogP contribution in [-0.4, -0.2) is 28.5 Å². The summed E-state index contributed by atoms with van der Waals surface area (Å²) in [6.07, 6.45) is 3.80. The SMILES string of the molecule is CC(C)(C)C(=O)[C@@H]1[C@@H]2C(=O)N(c3cc(Cl)ccc3Cl)C(=O)[C@H]2[C@@H]2c3ccccc3C=CN12. The summed E-state index contributed by atoms with van der Waals surface area (Å²) in [6.45, 7) is 5.52. The number of ketones is 1. The summed E-state index contributed by atoms with van der Waals surface area (Å²) < 4.78 is 0. The first-order valence-corrected chi connectivity index (χ1v) is 11.3. The maximum atomic E-state index is 13.8. The minimum absolute atomic E-state index is 0.0702. The summed E-state index contributed by atoms with van der Waals surface area (Å²) in [5.41, 5.74) is 1.50. The molecular weight excluding hydrogens is 447 g/mol. The number of hydrogen-bond donors (Lipinski definition) is 0. The third-order valence-corrected chi connectivity index (χ3v) is 7.17. The second-order valence-corrected chi connectivity index (χ2v) is 10.4. The normalized spacial score (nSPS) is 26.3. The van der Waals surface area contributed by atoms with Gasteiger partial charge in [0.15, 0.2) is 5.78 Å². The van der Waals surface area contributed by atoms with Gasteiger partial charge in [0.2, 0.25) is 11.8 Å². The highest BCUT2D eigenvalue weighted by atomic mass is 35.5. The molecule has 5 rings (SSSR count). The maximum absolute atomic E-state index is 13.8. The maximum Gasteiger partial charge on any atom is 0.240 e. The quantitative estimate of drug-likeness (QED) is 0.573. The zero-order chi connectivity index (χ0) is 22.9. The van der Waals surface area contributed by atoms with Crippen LogP contribution in [0, 0.1) is 17.3 Å². The van der Waals surface area contributed by atoms with Gasteiger partial charge in [-0.1, -0.05) is 68.2 Å². The van der Waals surface area contributed by atoms with Crippen LogP contribution >= 0.6 is 23.2 Å². The number of benzene rings is 2. The van der Waals surface area contributed by atoms with E-state index in [2.05, 4.69) is 0 Å². The van der Waals surface area contributed by atoms with E-state index >= 15 is 0 Å². The molecule has 5 nitrogen and oxygen atoms in total. The molecule has 32 heavy (non-hydrogen) atoms. The minimum atomic E-state index is -0.801. The molecule has 2 aromatic rings. The highest BCUT2D eigenvalue weighted by Gasteiger charge is 2.65. The van der Waals surface area contributed by atoms with Crippen molar-refractivity contribution in [1.29, 1.82) is 0 Å². The molecule has 2 aromatic carbocycles. The molecule has 2 amide bonds. The third kappa shape index (κ3) is 2.95. The van der Waals surface area contributed by atoms with Gasteiger partial charge in [0.25, 0.3) is 0 Å². The Balaban J connectivity index is 1.69. The number of imide groups is 1. The number of hydrogen-bond acceptors (Lipinski definition) is 4. The van der Waals surface area contributed by atoms with Crippen molar-refractivity contribution in [3.63, 3.8) is 0 Å². The molecule has 0 aliphatic carbocycles. The Hall–Kier alpha value is -2.63. The molecule has 164 valence electrons. The van der Waals surface area contributed by atoms with Gasteiger partial charge in [-0.05, 0) is 35.4 Å². The number of carbonyl (C=O) groups excluding carboxylic acids is 3. The molecular formula is C25H22Cl2N2O3. The Morgan fingerprint density at radius 1 is 0.969 bits per heavy atom. The Morgan fingerprint density at radius 2 is 1.66 bits per heavy atom. The zero-order valence-electron chi connectivity index (χ0n) is 17.9. The fraction of sp³-hybridized carbons (Fsp3) is 0.320. The van der Waals surface area contributed by atoms with Crippen LogP contribution in [0.1, 0.15) is 37.9 Å². The molecule has 0 spiro atoms. The van der Waals surface area contributed by atoms with E-state index in [1.165, 1.54) is 6.07 Å². The van der Waals surface area contributed by atoms with Crippen molar-refractivity contribution in [3.05, 3.63) is 69.8 Å². The summed E-state index contributed by atoms with van der Waals surface area (Å²) in [4.78, 5) is 44.2. The van der Waals surface area contributed by atoms with Gasteiger partial charge in [-0.3, -0.25) is 14.4 Å². The molecule has 3 aliphatic heterocycles. The molecule has 2 saturated heterocycles. The second kappa shape index (κ2) is 7.19. The van der Waals surface area contributed by atoms with Crippen LogP contribution in [0.3, 0.4) is 0 Å². The predicted octanol–water partition coefficient (Wildman–Crippen LogP) is 5.12. The van der Waals surface area contributed by atoms with E-state index in [1.54, 1.807) is 12.1 Å². The molecule has 2 fully saturated rings. The van der Waals surface area contributed by atoms with Crippen LogP contribution in [0.4, 0.5) is 5.69 Å². The van der Waals surface area contributed by atoms with Crippen molar-refractivity contribution >= 4 is 52.6 Å². The highest BCUT2D eigenvalue weighted by molar-refractivity contribution is 6.38. The minimum Gasteiger partial charge on any atom is -0.359 e. The standard InChI is InChI=1S/C25H22Cl2N2O3/c1-25(2,3)22(30)21-19-18(20-15-7-5-4-6-13(15)10-11-28(20)21)23(31)29(24(19)32)17-12-14(26)8-9-16(17)27/h4-12,18-21H,1-3H3/t18-,19-,20+,21+/m1/s1. The number of anilines is 1. The van der Waals surface area contributed by atoms with Crippen molar-refractivity contribution in [2.45, 2.75) is 32.9 Å². The zero-order valence-corrected chi connectivity index (χ0v) is 19.4. The van der Waals surface area contributed by atoms with E-state index in [9.17, 15) is 14.4 Å². The van der Waals surface area contributed by atoms with E-state index in [1.807, 2.05) is 62.2 Å². The number of carbonyl (C=O) groups is 3. The first-order chi connectivity index (χ1) is 15.1. The summed E-state index contributed by atoms with van der Waals surface area (Å²) in [6, 6.07) is 11.3. The average molecular weight is 469 g/mol. The molecule has 7 heteroatoms. The number of halogens is 2. The van der Waals surface area contributed by atoms with Gasteiger partial charge in [0.05, 0.1) is 28.6 Å². The van der Waals surface area contributed by atoms with Crippen molar-refractivity contribution in [1.82, 2.24) is 4.90 Å². The molecule has 0 N–H and O–H groups in total. The van der Waals surface area contributed by atoms with Gasteiger partial charge in [0.1, 0.15) is 6.04 Å². The first-order valence-electron chi connectivity index (χ1n) is 10.5. The van der Waals surface area contributed by atoms with Gasteiger partial charge in [-0.25, -0.2) is 4.90 Å². The van der Waals surface area contributed by atoms with Crippen molar-refractivity contribution in [2.75, 3.05) is 4.90 Å². The third-order valence-electron chi connectivity index (χ3n) is 6.62. The molecule has 0 aromatic heterocycles. The predicted molar refractivity (Wildman–Crippen MR) is 124 cm³/mol. The summed E-state index contributed by atoms with van der Waals surface area (Å²) >= 11 is 12.5. The molecule has 3 heterocycles. The fourth-order valence-corrected chi connectivity index (χ4v) is 5.56. The lowest BCUT2D eigenvalue weighted by molar-refractivity contribution is -0.135. The van der Waals surface area contributed by atoms with Crippen molar-refractivity contribution in [3.8, 4) is 0 Å². The van der Waals surface area contributed by atoms with Crippen LogP contribution in [-0.2, 0) is 14.4 Å². The summed E-state index contributed by atoms with van der Waals surface area (Å²) in [7, 11) is 0.